The Morgan fingerprint density at radius 3 is 2.45 bits per heavy atom. The largest absolute Gasteiger partial charge is 0.388 e. The molecule has 6 rings (SSSR count). The monoisotopic (exact) mass is 557 g/mol. The number of nitrogens with one attached hydrogen (secondary N) is 1. The summed E-state index contributed by atoms with van der Waals surface area (Å²) < 4.78 is 2.09. The molecule has 2 aromatic carbocycles. The van der Waals surface area contributed by atoms with E-state index in [1.54, 1.807) is 6.20 Å². The van der Waals surface area contributed by atoms with Crippen LogP contribution in [-0.4, -0.2) is 70.8 Å². The summed E-state index contributed by atoms with van der Waals surface area (Å²) in [4.78, 5) is 22.6. The van der Waals surface area contributed by atoms with Gasteiger partial charge in [0.15, 0.2) is 0 Å². The van der Waals surface area contributed by atoms with Gasteiger partial charge in [-0.25, -0.2) is 4.98 Å². The average Bonchev–Trinajstić information content (AvgIpc) is 3.54. The molecule has 1 saturated carbocycles. The summed E-state index contributed by atoms with van der Waals surface area (Å²) in [6.07, 6.45) is 5.18. The van der Waals surface area contributed by atoms with E-state index >= 15 is 0 Å². The number of likely N-dealkylation sites (N-methyl/N-ethyl adjacent to an activating group) is 1. The van der Waals surface area contributed by atoms with Crippen molar-refractivity contribution in [2.24, 2.45) is 7.05 Å². The fourth-order valence-electron chi connectivity index (χ4n) is 6.19. The molecule has 1 amide bonds. The number of amides is 1. The fourth-order valence-corrected chi connectivity index (χ4v) is 6.43. The first-order valence-electron chi connectivity index (χ1n) is 14.1. The van der Waals surface area contributed by atoms with E-state index in [0.29, 0.717) is 10.6 Å². The van der Waals surface area contributed by atoms with E-state index in [2.05, 4.69) is 56.0 Å². The predicted molar refractivity (Wildman–Crippen MR) is 162 cm³/mol. The molecule has 4 aromatic rings. The standard InChI is InChI=1S/C32H36ClN5O2/c1-36-16-18-38(19-17-36)25-10-8-22(9-11-25)29-27(28-26(33)12-15-34-30(28)37(29)2)23-6-5-7-24(20-23)31(39)35-21-32(40)13-3-4-14-32/h5-12,15,20,40H,3-4,13-14,16-19,21H2,1-2H3,(H,35,39). The number of halogens is 1. The number of aliphatic hydroxyl groups is 1. The molecular weight excluding hydrogens is 522 g/mol. The number of nitrogens with zero attached hydrogens (tertiary/aromatic N) is 4. The number of anilines is 1. The number of carbonyl (C=O) groups excluding carboxylic acids is 1. The molecule has 208 valence electrons. The first-order chi connectivity index (χ1) is 19.3. The maximum absolute atomic E-state index is 13.2. The first kappa shape index (κ1) is 26.8. The van der Waals surface area contributed by atoms with E-state index < -0.39 is 5.60 Å². The van der Waals surface area contributed by atoms with Crippen LogP contribution >= 0.6 is 11.6 Å². The van der Waals surface area contributed by atoms with Gasteiger partial charge < -0.3 is 24.8 Å². The van der Waals surface area contributed by atoms with Crippen molar-refractivity contribution in [1.82, 2.24) is 19.8 Å². The Kier molecular flexibility index (Phi) is 7.29. The van der Waals surface area contributed by atoms with Gasteiger partial charge in [0.2, 0.25) is 0 Å². The highest BCUT2D eigenvalue weighted by molar-refractivity contribution is 6.37. The summed E-state index contributed by atoms with van der Waals surface area (Å²) in [5, 5.41) is 15.1. The Bertz CT molecular complexity index is 1530. The lowest BCUT2D eigenvalue weighted by atomic mass is 9.96. The Hall–Kier alpha value is -3.39. The minimum Gasteiger partial charge on any atom is -0.388 e. The van der Waals surface area contributed by atoms with Crippen LogP contribution in [0.15, 0.2) is 60.8 Å². The second-order valence-corrected chi connectivity index (χ2v) is 11.7. The predicted octanol–water partition coefficient (Wildman–Crippen LogP) is 5.35. The minimum absolute atomic E-state index is 0.190. The van der Waals surface area contributed by atoms with Crippen molar-refractivity contribution in [1.29, 1.82) is 0 Å². The number of fused-ring (bicyclic) bond motifs is 1. The maximum atomic E-state index is 13.2. The van der Waals surface area contributed by atoms with Crippen molar-refractivity contribution in [2.75, 3.05) is 44.7 Å². The number of pyridine rings is 1. The number of aryl methyl sites for hydroxylation is 1. The number of rotatable bonds is 6. The number of aromatic nitrogens is 2. The zero-order chi connectivity index (χ0) is 27.9. The zero-order valence-electron chi connectivity index (χ0n) is 23.2. The van der Waals surface area contributed by atoms with Crippen LogP contribution in [0.5, 0.6) is 0 Å². The summed E-state index contributed by atoms with van der Waals surface area (Å²) in [5.74, 6) is -0.190. The van der Waals surface area contributed by atoms with Gasteiger partial charge in [0.1, 0.15) is 5.65 Å². The summed E-state index contributed by atoms with van der Waals surface area (Å²) in [7, 11) is 4.18. The minimum atomic E-state index is -0.800. The third-order valence-electron chi connectivity index (χ3n) is 8.55. The first-order valence-corrected chi connectivity index (χ1v) is 14.5. The van der Waals surface area contributed by atoms with Crippen LogP contribution in [0.2, 0.25) is 5.02 Å². The number of piperazine rings is 1. The van der Waals surface area contributed by atoms with Crippen LogP contribution in [0, 0.1) is 0 Å². The van der Waals surface area contributed by atoms with Gasteiger partial charge in [-0.2, -0.15) is 0 Å². The Labute approximate surface area is 240 Å². The van der Waals surface area contributed by atoms with Crippen molar-refractivity contribution in [3.8, 4) is 22.4 Å². The second kappa shape index (κ2) is 10.9. The van der Waals surface area contributed by atoms with Gasteiger partial charge in [0, 0.05) is 68.2 Å². The van der Waals surface area contributed by atoms with E-state index in [1.807, 2.05) is 37.4 Å². The molecule has 7 nitrogen and oxygen atoms in total. The lowest BCUT2D eigenvalue weighted by Gasteiger charge is -2.34. The van der Waals surface area contributed by atoms with E-state index in [1.165, 1.54) is 5.69 Å². The van der Waals surface area contributed by atoms with Crippen LogP contribution in [-0.2, 0) is 7.05 Å². The van der Waals surface area contributed by atoms with E-state index in [0.717, 1.165) is 85.3 Å². The van der Waals surface area contributed by atoms with Gasteiger partial charge in [0.25, 0.3) is 5.91 Å². The van der Waals surface area contributed by atoms with Crippen molar-refractivity contribution in [3.63, 3.8) is 0 Å². The highest BCUT2D eigenvalue weighted by Gasteiger charge is 2.31. The Balaban J connectivity index is 1.38. The van der Waals surface area contributed by atoms with Crippen LogP contribution in [0.25, 0.3) is 33.4 Å². The summed E-state index contributed by atoms with van der Waals surface area (Å²) in [6.45, 7) is 4.41. The average molecular weight is 558 g/mol. The molecule has 3 heterocycles. The molecule has 1 saturated heterocycles. The Morgan fingerprint density at radius 2 is 1.73 bits per heavy atom. The highest BCUT2D eigenvalue weighted by atomic mass is 35.5. The van der Waals surface area contributed by atoms with Crippen LogP contribution in [0.1, 0.15) is 36.0 Å². The molecule has 2 aromatic heterocycles. The smallest absolute Gasteiger partial charge is 0.251 e. The lowest BCUT2D eigenvalue weighted by molar-refractivity contribution is 0.0449. The van der Waals surface area contributed by atoms with Gasteiger partial charge in [-0.05, 0) is 61.3 Å². The molecular formula is C32H36ClN5O2. The normalized spacial score (nSPS) is 17.4. The summed E-state index contributed by atoms with van der Waals surface area (Å²) >= 11 is 6.79. The topological polar surface area (TPSA) is 73.6 Å². The van der Waals surface area contributed by atoms with Crippen molar-refractivity contribution >= 4 is 34.2 Å². The van der Waals surface area contributed by atoms with E-state index in [4.69, 9.17) is 11.6 Å². The van der Waals surface area contributed by atoms with Crippen LogP contribution in [0.4, 0.5) is 5.69 Å². The summed E-state index contributed by atoms with van der Waals surface area (Å²) in [6, 6.07) is 18.2. The highest BCUT2D eigenvalue weighted by Crippen LogP contribution is 2.43. The molecule has 0 unspecified atom stereocenters. The molecule has 1 aliphatic carbocycles. The number of hydrogen-bond acceptors (Lipinski definition) is 5. The second-order valence-electron chi connectivity index (χ2n) is 11.3. The lowest BCUT2D eigenvalue weighted by Crippen LogP contribution is -2.44. The molecule has 0 atom stereocenters. The number of hydrogen-bond donors (Lipinski definition) is 2. The molecule has 8 heteroatoms. The molecule has 0 radical (unpaired) electrons. The molecule has 2 aliphatic rings. The van der Waals surface area contributed by atoms with Gasteiger partial charge >= 0.3 is 0 Å². The molecule has 2 N–H and O–H groups in total. The van der Waals surface area contributed by atoms with Crippen molar-refractivity contribution < 1.29 is 9.90 Å². The molecule has 40 heavy (non-hydrogen) atoms. The van der Waals surface area contributed by atoms with Gasteiger partial charge in [-0.15, -0.1) is 0 Å². The molecule has 0 bridgehead atoms. The number of benzene rings is 2. The molecule has 1 aliphatic heterocycles. The maximum Gasteiger partial charge on any atom is 0.251 e. The zero-order valence-corrected chi connectivity index (χ0v) is 23.9. The van der Waals surface area contributed by atoms with Gasteiger partial charge in [-0.1, -0.05) is 48.7 Å². The van der Waals surface area contributed by atoms with E-state index in [-0.39, 0.29) is 12.5 Å². The quantitative estimate of drug-likeness (QED) is 0.334. The van der Waals surface area contributed by atoms with Crippen LogP contribution < -0.4 is 10.2 Å². The molecule has 0 spiro atoms. The van der Waals surface area contributed by atoms with Gasteiger partial charge in [0.05, 0.1) is 16.3 Å². The third-order valence-corrected chi connectivity index (χ3v) is 8.87. The van der Waals surface area contributed by atoms with E-state index in [9.17, 15) is 9.90 Å². The van der Waals surface area contributed by atoms with Gasteiger partial charge in [-0.3, -0.25) is 4.79 Å². The molecule has 2 fully saturated rings. The van der Waals surface area contributed by atoms with Crippen molar-refractivity contribution in [2.45, 2.75) is 31.3 Å². The van der Waals surface area contributed by atoms with Crippen LogP contribution in [0.3, 0.4) is 0 Å². The van der Waals surface area contributed by atoms with Crippen molar-refractivity contribution in [3.05, 3.63) is 71.4 Å². The summed E-state index contributed by atoms with van der Waals surface area (Å²) in [5.41, 5.74) is 5.66. The fraction of sp³-hybridized carbons (Fsp3) is 0.375. The Morgan fingerprint density at radius 1 is 1.00 bits per heavy atom. The third kappa shape index (κ3) is 5.09. The number of carbonyl (C=O) groups is 1. The SMILES string of the molecule is CN1CCN(c2ccc(-c3c(-c4cccc(C(=O)NCC5(O)CCCC5)c4)c4c(Cl)ccnc4n3C)cc2)CC1.